The van der Waals surface area contributed by atoms with Crippen molar-refractivity contribution < 1.29 is 44.2 Å². The summed E-state index contributed by atoms with van der Waals surface area (Å²) >= 11 is 0. The summed E-state index contributed by atoms with van der Waals surface area (Å²) < 4.78 is 18.1. The number of carbonyl (C=O) groups excluding carboxylic acids is 2. The summed E-state index contributed by atoms with van der Waals surface area (Å²) in [6.45, 7) is 8.45. The van der Waals surface area contributed by atoms with Gasteiger partial charge in [-0.25, -0.2) is 4.79 Å². The minimum Gasteiger partial charge on any atom is -0.458 e. The zero-order valence-corrected chi connectivity index (χ0v) is 22.5. The fraction of sp³-hybridized carbons (Fsp3) is 0.655. The molecule has 1 aliphatic heterocycles. The van der Waals surface area contributed by atoms with Crippen LogP contribution in [0.25, 0.3) is 0 Å². The lowest BCUT2D eigenvalue weighted by molar-refractivity contribution is -0.354. The molecule has 208 valence electrons. The number of rotatable bonds is 3. The van der Waals surface area contributed by atoms with Crippen LogP contribution in [0.3, 0.4) is 0 Å². The smallest absolute Gasteiger partial charge is 0.338 e. The molecule has 0 radical (unpaired) electrons. The van der Waals surface area contributed by atoms with Crippen LogP contribution in [0, 0.1) is 22.7 Å². The molecular formula is C29H38O9. The maximum absolute atomic E-state index is 13.6. The zero-order chi connectivity index (χ0) is 27.8. The van der Waals surface area contributed by atoms with Crippen molar-refractivity contribution in [1.29, 1.82) is 0 Å². The SMILES string of the molecule is CC(=O)O[C@@]12CO[C@@H]1C[C@H](O)[C@]1(C)C2C(OC(=O)c2ccccc2)C2C[C@H](O)C(C)=C([C@@H](O)[C@H]1O)C2(C)C. The van der Waals surface area contributed by atoms with Crippen LogP contribution in [0.2, 0.25) is 0 Å². The minimum atomic E-state index is -1.52. The van der Waals surface area contributed by atoms with Crippen molar-refractivity contribution in [3.05, 3.63) is 47.0 Å². The lowest BCUT2D eigenvalue weighted by atomic mass is 9.45. The Labute approximate surface area is 222 Å². The van der Waals surface area contributed by atoms with Gasteiger partial charge >= 0.3 is 11.9 Å². The van der Waals surface area contributed by atoms with Crippen molar-refractivity contribution >= 4 is 11.9 Å². The van der Waals surface area contributed by atoms with Crippen LogP contribution in [0.4, 0.5) is 0 Å². The third-order valence-electron chi connectivity index (χ3n) is 9.97. The summed E-state index contributed by atoms with van der Waals surface area (Å²) in [5, 5.41) is 46.1. The van der Waals surface area contributed by atoms with E-state index in [1.807, 2.05) is 13.8 Å². The Bertz CT molecular complexity index is 1150. The summed E-state index contributed by atoms with van der Waals surface area (Å²) in [5.41, 5.74) is -2.26. The molecule has 9 heteroatoms. The Morgan fingerprint density at radius 2 is 1.68 bits per heavy atom. The van der Waals surface area contributed by atoms with Crippen LogP contribution in [0.5, 0.6) is 0 Å². The van der Waals surface area contributed by atoms with Gasteiger partial charge in [0.05, 0.1) is 36.4 Å². The van der Waals surface area contributed by atoms with Crippen molar-refractivity contribution in [2.24, 2.45) is 22.7 Å². The molecule has 1 aromatic rings. The molecule has 2 saturated carbocycles. The lowest BCUT2D eigenvalue weighted by Gasteiger charge is -2.67. The van der Waals surface area contributed by atoms with Gasteiger partial charge in [-0.3, -0.25) is 4.79 Å². The molecule has 5 rings (SSSR count). The molecular weight excluding hydrogens is 492 g/mol. The number of benzene rings is 1. The molecule has 1 heterocycles. The Morgan fingerprint density at radius 1 is 1.03 bits per heavy atom. The van der Waals surface area contributed by atoms with E-state index in [-0.39, 0.29) is 19.4 Å². The molecule has 1 saturated heterocycles. The zero-order valence-electron chi connectivity index (χ0n) is 22.5. The van der Waals surface area contributed by atoms with Gasteiger partial charge in [0.1, 0.15) is 18.3 Å². The molecule has 1 aromatic carbocycles. The van der Waals surface area contributed by atoms with Crippen LogP contribution < -0.4 is 0 Å². The molecule has 9 nitrogen and oxygen atoms in total. The van der Waals surface area contributed by atoms with Crippen LogP contribution >= 0.6 is 0 Å². The van der Waals surface area contributed by atoms with Gasteiger partial charge in [0, 0.05) is 24.7 Å². The third kappa shape index (κ3) is 3.70. The number of hydrogen-bond acceptors (Lipinski definition) is 9. The highest BCUT2D eigenvalue weighted by atomic mass is 16.6. The minimum absolute atomic E-state index is 0.0101. The maximum Gasteiger partial charge on any atom is 0.338 e. The van der Waals surface area contributed by atoms with E-state index >= 15 is 0 Å². The Hall–Kier alpha value is -2.30. The molecule has 0 amide bonds. The predicted octanol–water partition coefficient (Wildman–Crippen LogP) is 1.76. The van der Waals surface area contributed by atoms with Gasteiger partial charge in [0.15, 0.2) is 5.60 Å². The highest BCUT2D eigenvalue weighted by Gasteiger charge is 2.74. The van der Waals surface area contributed by atoms with Crippen LogP contribution in [0.15, 0.2) is 41.5 Å². The normalized spacial score (nSPS) is 43.5. The van der Waals surface area contributed by atoms with Gasteiger partial charge in [-0.2, -0.15) is 0 Å². The quantitative estimate of drug-likeness (QED) is 0.340. The third-order valence-corrected chi connectivity index (χ3v) is 9.97. The van der Waals surface area contributed by atoms with Gasteiger partial charge < -0.3 is 34.6 Å². The van der Waals surface area contributed by atoms with Gasteiger partial charge in [0.2, 0.25) is 0 Å². The van der Waals surface area contributed by atoms with Crippen molar-refractivity contribution in [2.45, 2.75) is 89.7 Å². The summed E-state index contributed by atoms with van der Waals surface area (Å²) in [6.07, 6.45) is -6.47. The fourth-order valence-electron chi connectivity index (χ4n) is 7.96. The van der Waals surface area contributed by atoms with Gasteiger partial charge in [-0.1, -0.05) is 39.0 Å². The summed E-state index contributed by atoms with van der Waals surface area (Å²) in [6, 6.07) is 8.49. The Kier molecular flexibility index (Phi) is 6.55. The molecule has 0 spiro atoms. The standard InChI is InChI=1S/C29H38O9/c1-14-18(31)11-17-23(37-26(35)16-9-7-6-8-10-16)24-28(5,25(34)22(33)21(14)27(17,3)4)19(32)12-20-29(24,13-36-20)38-15(2)30/h6-10,17-20,22-25,31-34H,11-13H2,1-5H3/t17?,18-,19-,20+,22+,23?,24?,25+,28+,29-/m0/s1. The molecule has 3 unspecified atom stereocenters. The summed E-state index contributed by atoms with van der Waals surface area (Å²) in [5.74, 6) is -2.67. The van der Waals surface area contributed by atoms with E-state index < -0.39 is 76.8 Å². The highest BCUT2D eigenvalue weighted by Crippen LogP contribution is 2.63. The number of ether oxygens (including phenoxy) is 3. The van der Waals surface area contributed by atoms with E-state index in [1.54, 1.807) is 44.2 Å². The van der Waals surface area contributed by atoms with Crippen LogP contribution in [-0.2, 0) is 19.0 Å². The number of aliphatic hydroxyl groups excluding tert-OH is 4. The number of esters is 2. The Morgan fingerprint density at radius 3 is 2.26 bits per heavy atom. The first-order valence-corrected chi connectivity index (χ1v) is 13.3. The fourth-order valence-corrected chi connectivity index (χ4v) is 7.96. The highest BCUT2D eigenvalue weighted by molar-refractivity contribution is 5.89. The van der Waals surface area contributed by atoms with Crippen molar-refractivity contribution in [3.63, 3.8) is 0 Å². The van der Waals surface area contributed by atoms with Crippen molar-refractivity contribution in [1.82, 2.24) is 0 Å². The van der Waals surface area contributed by atoms with Crippen molar-refractivity contribution in [2.75, 3.05) is 6.61 Å². The van der Waals surface area contributed by atoms with E-state index in [1.165, 1.54) is 6.92 Å². The first-order valence-electron chi connectivity index (χ1n) is 13.3. The van der Waals surface area contributed by atoms with Crippen molar-refractivity contribution in [3.8, 4) is 0 Å². The second-order valence-electron chi connectivity index (χ2n) is 12.2. The van der Waals surface area contributed by atoms with E-state index in [0.717, 1.165) is 0 Å². The number of aliphatic hydroxyl groups is 4. The Balaban J connectivity index is 1.76. The topological polar surface area (TPSA) is 143 Å². The predicted molar refractivity (Wildman–Crippen MR) is 135 cm³/mol. The average molecular weight is 531 g/mol. The van der Waals surface area contributed by atoms with Crippen LogP contribution in [0.1, 0.15) is 57.8 Å². The van der Waals surface area contributed by atoms with Gasteiger partial charge in [-0.15, -0.1) is 0 Å². The average Bonchev–Trinajstić information content (AvgIpc) is 2.85. The molecule has 0 aromatic heterocycles. The second kappa shape index (κ2) is 9.13. The number of fused-ring (bicyclic) bond motifs is 5. The molecule has 3 fully saturated rings. The molecule has 10 atom stereocenters. The van der Waals surface area contributed by atoms with Crippen LogP contribution in [-0.4, -0.2) is 81.2 Å². The van der Waals surface area contributed by atoms with Gasteiger partial charge in [0.25, 0.3) is 0 Å². The maximum atomic E-state index is 13.6. The first kappa shape index (κ1) is 27.3. The molecule has 3 aliphatic carbocycles. The number of hydrogen-bond donors (Lipinski definition) is 4. The molecule has 2 bridgehead atoms. The van der Waals surface area contributed by atoms with E-state index in [4.69, 9.17) is 14.2 Å². The summed E-state index contributed by atoms with van der Waals surface area (Å²) in [4.78, 5) is 26.0. The molecule has 4 aliphatic rings. The first-order chi connectivity index (χ1) is 17.8. The molecule has 4 N–H and O–H groups in total. The van der Waals surface area contributed by atoms with E-state index in [0.29, 0.717) is 16.7 Å². The monoisotopic (exact) mass is 530 g/mol. The van der Waals surface area contributed by atoms with Gasteiger partial charge in [-0.05, 0) is 42.0 Å². The second-order valence-corrected chi connectivity index (χ2v) is 12.2. The van der Waals surface area contributed by atoms with E-state index in [9.17, 15) is 30.0 Å². The number of carbonyl (C=O) groups is 2. The van der Waals surface area contributed by atoms with E-state index in [2.05, 4.69) is 0 Å². The summed E-state index contributed by atoms with van der Waals surface area (Å²) in [7, 11) is 0. The lowest BCUT2D eigenvalue weighted by Crippen LogP contribution is -2.79. The largest absolute Gasteiger partial charge is 0.458 e. The molecule has 38 heavy (non-hydrogen) atoms.